The summed E-state index contributed by atoms with van der Waals surface area (Å²) in [5.74, 6) is 0. The van der Waals surface area contributed by atoms with Crippen LogP contribution in [0, 0.1) is 0 Å². The van der Waals surface area contributed by atoms with Crippen molar-refractivity contribution in [2.75, 3.05) is 16.1 Å². The molecule has 3 heteroatoms. The number of rotatable bonds is 9. The van der Waals surface area contributed by atoms with E-state index in [-0.39, 0.29) is 0 Å². The van der Waals surface area contributed by atoms with Crippen LogP contribution >= 0.6 is 11.8 Å². The van der Waals surface area contributed by atoms with E-state index >= 15 is 0 Å². The number of para-hydroxylation sites is 3. The van der Waals surface area contributed by atoms with Crippen molar-refractivity contribution in [2.45, 2.75) is 10.3 Å². The molecule has 57 heavy (non-hydrogen) atoms. The van der Waals surface area contributed by atoms with Crippen molar-refractivity contribution < 1.29 is 0 Å². The van der Waals surface area contributed by atoms with Gasteiger partial charge in [-0.05, 0) is 124 Å². The Kier molecular flexibility index (Phi) is 8.93. The molecule has 1 aliphatic carbocycles. The van der Waals surface area contributed by atoms with Crippen LogP contribution in [0.3, 0.4) is 0 Å². The van der Waals surface area contributed by atoms with Crippen molar-refractivity contribution in [2.24, 2.45) is 0 Å². The number of hydrogen-bond acceptors (Lipinski definition) is 3. The van der Waals surface area contributed by atoms with Gasteiger partial charge in [0.05, 0.1) is 11.1 Å². The number of thioether (sulfide) groups is 1. The Hall–Kier alpha value is -6.81. The Morgan fingerprint density at radius 2 is 0.807 bits per heavy atom. The Morgan fingerprint density at radius 1 is 0.368 bits per heavy atom. The molecule has 0 unspecified atom stereocenters. The fraction of sp³-hybridized carbons (Fsp3) is 0.0370. The molecule has 0 amide bonds. The maximum Gasteiger partial charge on any atom is 0.0715 e. The zero-order valence-corrected chi connectivity index (χ0v) is 32.5. The van der Waals surface area contributed by atoms with E-state index in [1.165, 1.54) is 49.0 Å². The first-order valence-corrected chi connectivity index (χ1v) is 20.7. The normalized spacial score (nSPS) is 12.5. The van der Waals surface area contributed by atoms with Gasteiger partial charge in [0.25, 0.3) is 0 Å². The molecule has 9 aromatic carbocycles. The van der Waals surface area contributed by atoms with Gasteiger partial charge in [-0.1, -0.05) is 146 Å². The van der Waals surface area contributed by atoms with Crippen molar-refractivity contribution in [1.29, 1.82) is 0 Å². The van der Waals surface area contributed by atoms with Gasteiger partial charge in [0.1, 0.15) is 0 Å². The summed E-state index contributed by atoms with van der Waals surface area (Å²) in [5.41, 5.74) is 13.6. The molecule has 10 rings (SSSR count). The lowest BCUT2D eigenvalue weighted by Gasteiger charge is -2.36. The summed E-state index contributed by atoms with van der Waals surface area (Å²) in [6.07, 6.45) is 2.13. The van der Waals surface area contributed by atoms with Crippen molar-refractivity contribution in [1.82, 2.24) is 0 Å². The minimum atomic E-state index is -0.633. The van der Waals surface area contributed by atoms with Crippen LogP contribution < -0.4 is 9.80 Å². The number of benzene rings is 9. The van der Waals surface area contributed by atoms with Crippen LogP contribution in [0.4, 0.5) is 34.1 Å². The van der Waals surface area contributed by atoms with Gasteiger partial charge >= 0.3 is 0 Å². The van der Waals surface area contributed by atoms with Gasteiger partial charge in [0, 0.05) is 38.7 Å². The second-order valence-electron chi connectivity index (χ2n) is 14.5. The minimum absolute atomic E-state index is 0.633. The van der Waals surface area contributed by atoms with Gasteiger partial charge in [0.2, 0.25) is 0 Å². The fourth-order valence-electron chi connectivity index (χ4n) is 8.97. The Labute approximate surface area is 339 Å². The quantitative estimate of drug-likeness (QED) is 0.136. The molecule has 0 heterocycles. The molecule has 0 fully saturated rings. The number of fused-ring (bicyclic) bond motifs is 5. The van der Waals surface area contributed by atoms with E-state index in [0.717, 1.165) is 34.1 Å². The summed E-state index contributed by atoms with van der Waals surface area (Å²) in [7, 11) is 0. The van der Waals surface area contributed by atoms with Gasteiger partial charge in [-0.3, -0.25) is 0 Å². The highest BCUT2D eigenvalue weighted by Crippen LogP contribution is 2.60. The zero-order valence-electron chi connectivity index (χ0n) is 31.7. The predicted octanol–water partition coefficient (Wildman–Crippen LogP) is 14.9. The Bertz CT molecular complexity index is 2730. The SMILES string of the molecule is CSc1ccc(N(c2ccccc2)c2ccc3c(c2)C(c2ccccc2)(c2ccccc2)c2cc(N(c4ccccc4)c4ccccc4)c4ccccc4c2-3)cc1. The average Bonchev–Trinajstić information content (AvgIpc) is 3.59. The molecule has 0 N–H and O–H groups in total. The first kappa shape index (κ1) is 34.7. The van der Waals surface area contributed by atoms with Crippen LogP contribution in [0.5, 0.6) is 0 Å². The summed E-state index contributed by atoms with van der Waals surface area (Å²) in [4.78, 5) is 6.06. The lowest BCUT2D eigenvalue weighted by molar-refractivity contribution is 0.769. The maximum atomic E-state index is 2.49. The van der Waals surface area contributed by atoms with Gasteiger partial charge in [-0.2, -0.15) is 0 Å². The van der Waals surface area contributed by atoms with E-state index in [0.29, 0.717) is 0 Å². The molecule has 272 valence electrons. The van der Waals surface area contributed by atoms with Crippen LogP contribution in [-0.4, -0.2) is 6.26 Å². The van der Waals surface area contributed by atoms with Crippen molar-refractivity contribution >= 4 is 56.7 Å². The topological polar surface area (TPSA) is 6.48 Å². The minimum Gasteiger partial charge on any atom is -0.310 e. The van der Waals surface area contributed by atoms with Gasteiger partial charge in [-0.15, -0.1) is 11.8 Å². The standard InChI is InChI=1S/C54H40N2S/c1-57-46-34-31-44(32-35-46)55(41-23-11-4-12-24-41)45-33-36-49-50(37-45)54(39-19-7-2-8-20-39,40-21-9-3-10-22-40)51-38-52(47-29-17-18-30-48(47)53(49)51)56(42-25-13-5-14-26-42)43-27-15-6-16-28-43/h2-38H,1H3. The summed E-state index contributed by atoms with van der Waals surface area (Å²) in [5, 5.41) is 2.44. The Balaban J connectivity index is 1.32. The largest absolute Gasteiger partial charge is 0.310 e. The first-order valence-electron chi connectivity index (χ1n) is 19.5. The van der Waals surface area contributed by atoms with E-state index in [1.54, 1.807) is 11.8 Å². The molecule has 9 aromatic rings. The van der Waals surface area contributed by atoms with Crippen molar-refractivity contribution in [3.05, 3.63) is 247 Å². The van der Waals surface area contributed by atoms with E-state index in [2.05, 4.69) is 241 Å². The molecule has 1 aliphatic rings. The highest BCUT2D eigenvalue weighted by atomic mass is 32.2. The van der Waals surface area contributed by atoms with E-state index in [4.69, 9.17) is 0 Å². The molecule has 0 atom stereocenters. The van der Waals surface area contributed by atoms with Gasteiger partial charge < -0.3 is 9.80 Å². The molecule has 0 bridgehead atoms. The fourth-order valence-corrected chi connectivity index (χ4v) is 9.38. The van der Waals surface area contributed by atoms with E-state index in [1.807, 2.05) is 0 Å². The smallest absolute Gasteiger partial charge is 0.0715 e. The first-order chi connectivity index (χ1) is 28.3. The second-order valence-corrected chi connectivity index (χ2v) is 15.3. The number of anilines is 6. The average molecular weight is 749 g/mol. The molecule has 0 aromatic heterocycles. The highest BCUT2D eigenvalue weighted by molar-refractivity contribution is 7.98. The Morgan fingerprint density at radius 3 is 1.33 bits per heavy atom. The number of hydrogen-bond donors (Lipinski definition) is 0. The van der Waals surface area contributed by atoms with Crippen LogP contribution in [-0.2, 0) is 5.41 Å². The summed E-state index contributed by atoms with van der Waals surface area (Å²) >= 11 is 1.76. The molecular weight excluding hydrogens is 709 g/mol. The lowest BCUT2D eigenvalue weighted by Crippen LogP contribution is -2.29. The molecule has 0 aliphatic heterocycles. The zero-order chi connectivity index (χ0) is 38.2. The molecule has 2 nitrogen and oxygen atoms in total. The lowest BCUT2D eigenvalue weighted by atomic mass is 9.67. The molecule has 0 spiro atoms. The second kappa shape index (κ2) is 14.7. The predicted molar refractivity (Wildman–Crippen MR) is 242 cm³/mol. The van der Waals surface area contributed by atoms with Crippen molar-refractivity contribution in [3.8, 4) is 11.1 Å². The van der Waals surface area contributed by atoms with Crippen molar-refractivity contribution in [3.63, 3.8) is 0 Å². The van der Waals surface area contributed by atoms with Crippen LogP contribution in [0.25, 0.3) is 21.9 Å². The van der Waals surface area contributed by atoms with Crippen LogP contribution in [0.1, 0.15) is 22.3 Å². The third-order valence-electron chi connectivity index (χ3n) is 11.4. The summed E-state index contributed by atoms with van der Waals surface area (Å²) in [6, 6.07) is 82.1. The highest BCUT2D eigenvalue weighted by Gasteiger charge is 2.47. The summed E-state index contributed by atoms with van der Waals surface area (Å²) < 4.78 is 0. The van der Waals surface area contributed by atoms with E-state index < -0.39 is 5.41 Å². The molecule has 0 radical (unpaired) electrons. The van der Waals surface area contributed by atoms with E-state index in [9.17, 15) is 0 Å². The van der Waals surface area contributed by atoms with Crippen LogP contribution in [0.15, 0.2) is 229 Å². The molecular formula is C54H40N2S. The third kappa shape index (κ3) is 5.82. The van der Waals surface area contributed by atoms with Gasteiger partial charge in [-0.25, -0.2) is 0 Å². The van der Waals surface area contributed by atoms with Crippen LogP contribution in [0.2, 0.25) is 0 Å². The molecule has 0 saturated carbocycles. The third-order valence-corrected chi connectivity index (χ3v) is 12.1. The molecule has 0 saturated heterocycles. The summed E-state index contributed by atoms with van der Waals surface area (Å²) in [6.45, 7) is 0. The van der Waals surface area contributed by atoms with Gasteiger partial charge in [0.15, 0.2) is 0 Å². The maximum absolute atomic E-state index is 2.49. The monoisotopic (exact) mass is 748 g/mol. The number of nitrogens with zero attached hydrogens (tertiary/aromatic N) is 2.